The van der Waals surface area contributed by atoms with Gasteiger partial charge in [-0.15, -0.1) is 11.3 Å². The number of aryl methyl sites for hydroxylation is 3. The number of rotatable bonds is 3. The van der Waals surface area contributed by atoms with Gasteiger partial charge >= 0.3 is 0 Å². The molecule has 2 aromatic heterocycles. The number of nitrogens with one attached hydrogen (secondary N) is 1. The van der Waals surface area contributed by atoms with Crippen LogP contribution in [0.2, 0.25) is 0 Å². The molecule has 0 saturated heterocycles. The van der Waals surface area contributed by atoms with Crippen molar-refractivity contribution in [1.29, 1.82) is 0 Å². The molecule has 0 radical (unpaired) electrons. The highest BCUT2D eigenvalue weighted by molar-refractivity contribution is 7.11. The Balaban J connectivity index is 1.94. The van der Waals surface area contributed by atoms with Crippen molar-refractivity contribution in [1.82, 2.24) is 15.0 Å². The summed E-state index contributed by atoms with van der Waals surface area (Å²) in [5, 5.41) is 4.56. The van der Waals surface area contributed by atoms with Gasteiger partial charge in [0.1, 0.15) is 5.82 Å². The molecule has 1 unspecified atom stereocenters. The SMILES string of the molecule is Cc1nc(C)c(C(C)Nc2nc3ccccc3nc2C)s1. The monoisotopic (exact) mass is 298 g/mol. The molecule has 5 heteroatoms. The number of para-hydroxylation sites is 2. The fourth-order valence-corrected chi connectivity index (χ4v) is 3.37. The highest BCUT2D eigenvalue weighted by atomic mass is 32.1. The maximum atomic E-state index is 4.69. The van der Waals surface area contributed by atoms with Crippen LogP contribution in [0.3, 0.4) is 0 Å². The average Bonchev–Trinajstić information content (AvgIpc) is 2.78. The average molecular weight is 298 g/mol. The fraction of sp³-hybridized carbons (Fsp3) is 0.312. The maximum Gasteiger partial charge on any atom is 0.148 e. The van der Waals surface area contributed by atoms with Crippen LogP contribution in [-0.2, 0) is 0 Å². The predicted octanol–water partition coefficient (Wildman–Crippen LogP) is 4.18. The van der Waals surface area contributed by atoms with E-state index in [0.717, 1.165) is 33.2 Å². The van der Waals surface area contributed by atoms with Gasteiger partial charge in [0.25, 0.3) is 0 Å². The number of thiazole rings is 1. The lowest BCUT2D eigenvalue weighted by Gasteiger charge is -2.15. The number of hydrogen-bond acceptors (Lipinski definition) is 5. The summed E-state index contributed by atoms with van der Waals surface area (Å²) in [7, 11) is 0. The van der Waals surface area contributed by atoms with Crippen LogP contribution in [0.5, 0.6) is 0 Å². The lowest BCUT2D eigenvalue weighted by Crippen LogP contribution is -2.10. The van der Waals surface area contributed by atoms with Crippen molar-refractivity contribution in [2.45, 2.75) is 33.7 Å². The molecule has 21 heavy (non-hydrogen) atoms. The van der Waals surface area contributed by atoms with E-state index in [4.69, 9.17) is 0 Å². The minimum atomic E-state index is 0.172. The molecule has 0 aliphatic rings. The topological polar surface area (TPSA) is 50.7 Å². The summed E-state index contributed by atoms with van der Waals surface area (Å²) >= 11 is 1.73. The van der Waals surface area contributed by atoms with E-state index >= 15 is 0 Å². The second kappa shape index (κ2) is 5.41. The zero-order chi connectivity index (χ0) is 15.0. The van der Waals surface area contributed by atoms with E-state index in [1.165, 1.54) is 4.88 Å². The molecule has 3 rings (SSSR count). The molecule has 4 nitrogen and oxygen atoms in total. The van der Waals surface area contributed by atoms with Crippen molar-refractivity contribution in [2.75, 3.05) is 5.32 Å². The number of anilines is 1. The Hall–Kier alpha value is -2.01. The van der Waals surface area contributed by atoms with Crippen LogP contribution in [-0.4, -0.2) is 15.0 Å². The van der Waals surface area contributed by atoms with Crippen LogP contribution in [0.15, 0.2) is 24.3 Å². The molecule has 0 aliphatic carbocycles. The molecule has 0 amide bonds. The molecule has 108 valence electrons. The second-order valence-electron chi connectivity index (χ2n) is 5.19. The van der Waals surface area contributed by atoms with Crippen LogP contribution in [0.4, 0.5) is 5.82 Å². The number of hydrogen-bond donors (Lipinski definition) is 1. The van der Waals surface area contributed by atoms with Gasteiger partial charge in [-0.1, -0.05) is 12.1 Å². The van der Waals surface area contributed by atoms with E-state index < -0.39 is 0 Å². The molecule has 2 heterocycles. The lowest BCUT2D eigenvalue weighted by atomic mass is 10.2. The van der Waals surface area contributed by atoms with Crippen LogP contribution < -0.4 is 5.32 Å². The Kier molecular flexibility index (Phi) is 3.59. The normalized spacial score (nSPS) is 12.6. The molecular formula is C16H18N4S. The summed E-state index contributed by atoms with van der Waals surface area (Å²) in [5.41, 5.74) is 3.84. The smallest absolute Gasteiger partial charge is 0.148 e. The zero-order valence-electron chi connectivity index (χ0n) is 12.6. The van der Waals surface area contributed by atoms with E-state index in [1.54, 1.807) is 11.3 Å². The first-order valence-electron chi connectivity index (χ1n) is 6.98. The van der Waals surface area contributed by atoms with Crippen LogP contribution in [0.1, 0.15) is 34.2 Å². The minimum Gasteiger partial charge on any atom is -0.361 e. The summed E-state index contributed by atoms with van der Waals surface area (Å²) < 4.78 is 0. The minimum absolute atomic E-state index is 0.172. The summed E-state index contributed by atoms with van der Waals surface area (Å²) in [4.78, 5) is 15.0. The van der Waals surface area contributed by atoms with Gasteiger partial charge in [-0.05, 0) is 39.8 Å². The van der Waals surface area contributed by atoms with Gasteiger partial charge < -0.3 is 5.32 Å². The third-order valence-electron chi connectivity index (χ3n) is 3.43. The number of benzene rings is 1. The van der Waals surface area contributed by atoms with Crippen molar-refractivity contribution in [2.24, 2.45) is 0 Å². The van der Waals surface area contributed by atoms with Gasteiger partial charge in [0, 0.05) is 4.88 Å². The Morgan fingerprint density at radius 1 is 0.952 bits per heavy atom. The van der Waals surface area contributed by atoms with Crippen molar-refractivity contribution in [3.8, 4) is 0 Å². The first-order chi connectivity index (χ1) is 10.0. The van der Waals surface area contributed by atoms with Gasteiger partial charge in [0.15, 0.2) is 0 Å². The van der Waals surface area contributed by atoms with Gasteiger partial charge in [-0.3, -0.25) is 0 Å². The highest BCUT2D eigenvalue weighted by Gasteiger charge is 2.15. The van der Waals surface area contributed by atoms with Gasteiger partial charge in [0.05, 0.1) is 33.5 Å². The van der Waals surface area contributed by atoms with Crippen LogP contribution >= 0.6 is 11.3 Å². The third kappa shape index (κ3) is 2.74. The Bertz CT molecular complexity index is 794. The van der Waals surface area contributed by atoms with E-state index in [1.807, 2.05) is 38.1 Å². The summed E-state index contributed by atoms with van der Waals surface area (Å²) in [6.45, 7) is 8.21. The molecule has 1 atom stereocenters. The van der Waals surface area contributed by atoms with Crippen molar-refractivity contribution in [3.05, 3.63) is 45.5 Å². The van der Waals surface area contributed by atoms with Crippen LogP contribution in [0, 0.1) is 20.8 Å². The summed E-state index contributed by atoms with van der Waals surface area (Å²) in [6, 6.07) is 8.11. The van der Waals surface area contributed by atoms with Crippen LogP contribution in [0.25, 0.3) is 11.0 Å². The molecule has 0 saturated carbocycles. The number of nitrogens with zero attached hydrogens (tertiary/aromatic N) is 3. The van der Waals surface area contributed by atoms with Crippen molar-refractivity contribution < 1.29 is 0 Å². The molecule has 0 bridgehead atoms. The summed E-state index contributed by atoms with van der Waals surface area (Å²) in [5.74, 6) is 0.839. The molecule has 0 spiro atoms. The molecular weight excluding hydrogens is 280 g/mol. The Labute approximate surface area is 128 Å². The van der Waals surface area contributed by atoms with Crippen molar-refractivity contribution >= 4 is 28.2 Å². The largest absolute Gasteiger partial charge is 0.361 e. The van der Waals surface area contributed by atoms with Crippen molar-refractivity contribution in [3.63, 3.8) is 0 Å². The number of aromatic nitrogens is 3. The summed E-state index contributed by atoms with van der Waals surface area (Å²) in [6.07, 6.45) is 0. The quantitative estimate of drug-likeness (QED) is 0.788. The number of fused-ring (bicyclic) bond motifs is 1. The van der Waals surface area contributed by atoms with E-state index in [0.29, 0.717) is 0 Å². The van der Waals surface area contributed by atoms with Gasteiger partial charge in [-0.25, -0.2) is 15.0 Å². The highest BCUT2D eigenvalue weighted by Crippen LogP contribution is 2.28. The maximum absolute atomic E-state index is 4.69. The first kappa shape index (κ1) is 13.9. The predicted molar refractivity (Wildman–Crippen MR) is 87.9 cm³/mol. The molecule has 0 fully saturated rings. The fourth-order valence-electron chi connectivity index (χ4n) is 2.44. The zero-order valence-corrected chi connectivity index (χ0v) is 13.5. The third-order valence-corrected chi connectivity index (χ3v) is 4.69. The first-order valence-corrected chi connectivity index (χ1v) is 7.80. The van der Waals surface area contributed by atoms with E-state index in [2.05, 4.69) is 34.1 Å². The van der Waals surface area contributed by atoms with Gasteiger partial charge in [0.2, 0.25) is 0 Å². The molecule has 0 aliphatic heterocycles. The van der Waals surface area contributed by atoms with E-state index in [9.17, 15) is 0 Å². The Morgan fingerprint density at radius 2 is 1.62 bits per heavy atom. The second-order valence-corrected chi connectivity index (χ2v) is 6.43. The Morgan fingerprint density at radius 3 is 2.24 bits per heavy atom. The van der Waals surface area contributed by atoms with E-state index in [-0.39, 0.29) is 6.04 Å². The standard InChI is InChI=1S/C16H18N4S/c1-9-15(21-12(4)17-9)10(2)19-16-11(3)18-13-7-5-6-8-14(13)20-16/h5-8,10H,1-4H3,(H,19,20). The lowest BCUT2D eigenvalue weighted by molar-refractivity contribution is 0.875. The molecule has 1 aromatic carbocycles. The molecule has 1 N–H and O–H groups in total. The van der Waals surface area contributed by atoms with Gasteiger partial charge in [-0.2, -0.15) is 0 Å². The molecule has 3 aromatic rings.